The number of benzene rings is 1. The highest BCUT2D eigenvalue weighted by Crippen LogP contribution is 2.26. The third kappa shape index (κ3) is 5.89. The fourth-order valence-electron chi connectivity index (χ4n) is 1.48. The smallest absolute Gasteiger partial charge is 0.411 e. The van der Waals surface area contributed by atoms with Crippen LogP contribution in [0.5, 0.6) is 0 Å². The molecule has 1 amide bonds. The van der Waals surface area contributed by atoms with Crippen LogP contribution in [-0.4, -0.2) is 16.5 Å². The molecule has 0 bridgehead atoms. The Balaban J connectivity index is 2.65. The molecule has 0 atom stereocenters. The molecule has 0 aliphatic heterocycles. The van der Waals surface area contributed by atoms with Crippen molar-refractivity contribution in [3.05, 3.63) is 29.3 Å². The first-order valence-electron chi connectivity index (χ1n) is 5.80. The summed E-state index contributed by atoms with van der Waals surface area (Å²) in [6.07, 6.45) is -0.647. The van der Waals surface area contributed by atoms with Gasteiger partial charge in [-0.15, -0.1) is 0 Å². The van der Waals surface area contributed by atoms with Crippen molar-refractivity contribution in [1.82, 2.24) is 0 Å². The van der Waals surface area contributed by atoms with Gasteiger partial charge in [-0.05, 0) is 30.0 Å². The minimum absolute atomic E-state index is 0.299. The molecular weight excluding hydrogens is 309 g/mol. The lowest BCUT2D eigenvalue weighted by Gasteiger charge is -2.14. The van der Waals surface area contributed by atoms with Gasteiger partial charge < -0.3 is 4.74 Å². The average Bonchev–Trinajstić information content (AvgIpc) is 2.28. The fourth-order valence-corrected chi connectivity index (χ4v) is 1.64. The normalized spacial score (nSPS) is 11.5. The maximum absolute atomic E-state index is 11.5. The lowest BCUT2D eigenvalue weighted by atomic mass is 10.0. The molecule has 0 saturated heterocycles. The van der Waals surface area contributed by atoms with Gasteiger partial charge in [-0.25, -0.2) is 4.79 Å². The lowest BCUT2D eigenvalue weighted by molar-refractivity contribution is 0.164. The topological polar surface area (TPSA) is 38.3 Å². The Morgan fingerprint density at radius 3 is 2.47 bits per heavy atom. The van der Waals surface area contributed by atoms with Crippen molar-refractivity contribution in [3.8, 4) is 0 Å². The molecule has 3 nitrogen and oxygen atoms in total. The Kier molecular flexibility index (Phi) is 5.78. The van der Waals surface area contributed by atoms with Crippen LogP contribution in [0.1, 0.15) is 30.9 Å². The van der Waals surface area contributed by atoms with E-state index in [4.69, 9.17) is 39.5 Å². The molecule has 0 heterocycles. The zero-order valence-corrected chi connectivity index (χ0v) is 13.2. The van der Waals surface area contributed by atoms with Gasteiger partial charge in [0.15, 0.2) is 0 Å². The summed E-state index contributed by atoms with van der Waals surface area (Å²) >= 11 is 16.5. The summed E-state index contributed by atoms with van der Waals surface area (Å²) in [4.78, 5) is 11.5. The molecule has 0 aliphatic rings. The third-order valence-electron chi connectivity index (χ3n) is 2.52. The van der Waals surface area contributed by atoms with Crippen LogP contribution in [0.2, 0.25) is 0 Å². The predicted octanol–water partition coefficient (Wildman–Crippen LogP) is 5.04. The number of hydrogen-bond donors (Lipinski definition) is 1. The molecule has 0 saturated carbocycles. The number of alkyl halides is 3. The molecule has 1 aromatic rings. The van der Waals surface area contributed by atoms with Gasteiger partial charge in [0.1, 0.15) is 6.61 Å². The Hall–Kier alpha value is -0.640. The maximum atomic E-state index is 11.5. The number of anilines is 1. The molecule has 1 aromatic carbocycles. The Morgan fingerprint density at radius 2 is 2.00 bits per heavy atom. The molecule has 0 aromatic heterocycles. The molecule has 0 spiro atoms. The van der Waals surface area contributed by atoms with E-state index < -0.39 is 9.89 Å². The van der Waals surface area contributed by atoms with E-state index in [9.17, 15) is 4.79 Å². The molecule has 19 heavy (non-hydrogen) atoms. The fraction of sp³-hybridized carbons (Fsp3) is 0.462. The summed E-state index contributed by atoms with van der Waals surface area (Å²) in [5.74, 6) is 0.434. The van der Waals surface area contributed by atoms with E-state index in [0.29, 0.717) is 11.6 Å². The Bertz CT molecular complexity index is 456. The summed E-state index contributed by atoms with van der Waals surface area (Å²) in [7, 11) is 0. The highest BCUT2D eigenvalue weighted by atomic mass is 35.6. The van der Waals surface area contributed by atoms with Crippen LogP contribution in [0, 0.1) is 6.92 Å². The number of nitrogens with one attached hydrogen (secondary N) is 1. The van der Waals surface area contributed by atoms with Crippen molar-refractivity contribution in [2.24, 2.45) is 0 Å². The lowest BCUT2D eigenvalue weighted by Crippen LogP contribution is -2.21. The maximum Gasteiger partial charge on any atom is 0.411 e. The van der Waals surface area contributed by atoms with Gasteiger partial charge in [0.2, 0.25) is 3.79 Å². The van der Waals surface area contributed by atoms with Crippen LogP contribution in [0.15, 0.2) is 18.2 Å². The zero-order valence-electron chi connectivity index (χ0n) is 11.0. The second-order valence-corrected chi connectivity index (χ2v) is 7.06. The second kappa shape index (κ2) is 6.69. The number of rotatable bonds is 3. The van der Waals surface area contributed by atoms with Crippen molar-refractivity contribution >= 4 is 46.6 Å². The first-order valence-corrected chi connectivity index (χ1v) is 6.93. The highest BCUT2D eigenvalue weighted by molar-refractivity contribution is 6.67. The van der Waals surface area contributed by atoms with Crippen LogP contribution >= 0.6 is 34.8 Å². The van der Waals surface area contributed by atoms with Gasteiger partial charge >= 0.3 is 6.09 Å². The van der Waals surface area contributed by atoms with Crippen LogP contribution in [0.25, 0.3) is 0 Å². The quantitative estimate of drug-likeness (QED) is 0.791. The standard InChI is InChI=1S/C13H16Cl3NO2/c1-8(2)10-4-5-11(9(3)6-10)17-12(18)19-7-13(14,15)16/h4-6,8H,7H2,1-3H3,(H,17,18). The van der Waals surface area contributed by atoms with Crippen LogP contribution < -0.4 is 5.32 Å². The minimum atomic E-state index is -1.60. The van der Waals surface area contributed by atoms with E-state index in [2.05, 4.69) is 19.2 Å². The van der Waals surface area contributed by atoms with Crippen molar-refractivity contribution in [1.29, 1.82) is 0 Å². The number of ether oxygens (including phenoxy) is 1. The number of carbonyl (C=O) groups excluding carboxylic acids is 1. The van der Waals surface area contributed by atoms with Crippen molar-refractivity contribution in [2.45, 2.75) is 30.5 Å². The minimum Gasteiger partial charge on any atom is -0.445 e. The Labute approximate surface area is 128 Å². The number of aryl methyl sites for hydroxylation is 1. The molecule has 1 rings (SSSR count). The van der Waals surface area contributed by atoms with Gasteiger partial charge in [-0.3, -0.25) is 5.32 Å². The van der Waals surface area contributed by atoms with Gasteiger partial charge in [0, 0.05) is 5.69 Å². The molecule has 6 heteroatoms. The molecule has 106 valence electrons. The molecule has 0 aliphatic carbocycles. The van der Waals surface area contributed by atoms with Crippen molar-refractivity contribution in [2.75, 3.05) is 11.9 Å². The predicted molar refractivity (Wildman–Crippen MR) is 80.5 cm³/mol. The summed E-state index contributed by atoms with van der Waals surface area (Å²) in [5.41, 5.74) is 2.84. The average molecular weight is 325 g/mol. The number of halogens is 3. The molecular formula is C13H16Cl3NO2. The van der Waals surface area contributed by atoms with E-state index >= 15 is 0 Å². The van der Waals surface area contributed by atoms with Gasteiger partial charge in [-0.2, -0.15) is 0 Å². The molecule has 0 unspecified atom stereocenters. The van der Waals surface area contributed by atoms with E-state index in [1.807, 2.05) is 25.1 Å². The zero-order chi connectivity index (χ0) is 14.6. The summed E-state index contributed by atoms with van der Waals surface area (Å²) in [5, 5.41) is 2.61. The van der Waals surface area contributed by atoms with E-state index in [1.54, 1.807) is 0 Å². The van der Waals surface area contributed by atoms with Crippen molar-refractivity contribution in [3.63, 3.8) is 0 Å². The number of carbonyl (C=O) groups is 1. The second-order valence-electron chi connectivity index (χ2n) is 4.55. The van der Waals surface area contributed by atoms with Gasteiger partial charge in [-0.1, -0.05) is 60.8 Å². The largest absolute Gasteiger partial charge is 0.445 e. The molecule has 1 N–H and O–H groups in total. The number of amides is 1. The SMILES string of the molecule is Cc1cc(C(C)C)ccc1NC(=O)OCC(Cl)(Cl)Cl. The van der Waals surface area contributed by atoms with Crippen LogP contribution in [-0.2, 0) is 4.74 Å². The van der Waals surface area contributed by atoms with Gasteiger partial charge in [0.25, 0.3) is 0 Å². The van der Waals surface area contributed by atoms with E-state index in [1.165, 1.54) is 5.56 Å². The van der Waals surface area contributed by atoms with Crippen LogP contribution in [0.3, 0.4) is 0 Å². The van der Waals surface area contributed by atoms with Crippen LogP contribution in [0.4, 0.5) is 10.5 Å². The number of hydrogen-bond acceptors (Lipinski definition) is 2. The van der Waals surface area contributed by atoms with Crippen molar-refractivity contribution < 1.29 is 9.53 Å². The monoisotopic (exact) mass is 323 g/mol. The molecule has 0 fully saturated rings. The summed E-state index contributed by atoms with van der Waals surface area (Å²) in [6, 6.07) is 5.82. The Morgan fingerprint density at radius 1 is 1.37 bits per heavy atom. The van der Waals surface area contributed by atoms with E-state index in [-0.39, 0.29) is 6.61 Å². The molecule has 0 radical (unpaired) electrons. The highest BCUT2D eigenvalue weighted by Gasteiger charge is 2.22. The summed E-state index contributed by atoms with van der Waals surface area (Å²) < 4.78 is 3.19. The first-order chi connectivity index (χ1) is 8.69. The van der Waals surface area contributed by atoms with E-state index in [0.717, 1.165) is 5.56 Å². The summed E-state index contributed by atoms with van der Waals surface area (Å²) in [6.45, 7) is 5.83. The first kappa shape index (κ1) is 16.4. The van der Waals surface area contributed by atoms with Gasteiger partial charge in [0.05, 0.1) is 0 Å². The third-order valence-corrected chi connectivity index (χ3v) is 2.85.